The number of fused-ring (bicyclic) bond motifs is 1. The molecule has 26 heavy (non-hydrogen) atoms. The first-order valence-corrected chi connectivity index (χ1v) is 8.33. The van der Waals surface area contributed by atoms with E-state index < -0.39 is 0 Å². The summed E-state index contributed by atoms with van der Waals surface area (Å²) in [6, 6.07) is 15.1. The highest BCUT2D eigenvalue weighted by atomic mass is 16.5. The maximum Gasteiger partial charge on any atom is 0.257 e. The van der Waals surface area contributed by atoms with E-state index in [9.17, 15) is 9.59 Å². The molecule has 1 heterocycles. The molecule has 0 fully saturated rings. The van der Waals surface area contributed by atoms with Gasteiger partial charge in [0.2, 0.25) is 0 Å². The second kappa shape index (κ2) is 7.74. The van der Waals surface area contributed by atoms with Gasteiger partial charge >= 0.3 is 0 Å². The Bertz CT molecular complexity index is 929. The van der Waals surface area contributed by atoms with Gasteiger partial charge in [-0.3, -0.25) is 9.59 Å². The van der Waals surface area contributed by atoms with Gasteiger partial charge in [0.15, 0.2) is 6.61 Å². The minimum atomic E-state index is -0.184. The Hall–Kier alpha value is -3.28. The third-order valence-electron chi connectivity index (χ3n) is 4.17. The highest BCUT2D eigenvalue weighted by Crippen LogP contribution is 2.20. The van der Waals surface area contributed by atoms with E-state index in [1.807, 2.05) is 54.2 Å². The van der Waals surface area contributed by atoms with Crippen LogP contribution >= 0.6 is 0 Å². The van der Waals surface area contributed by atoms with Gasteiger partial charge in [0.1, 0.15) is 5.75 Å². The van der Waals surface area contributed by atoms with E-state index in [0.29, 0.717) is 17.9 Å². The quantitative estimate of drug-likeness (QED) is 0.715. The summed E-state index contributed by atoms with van der Waals surface area (Å²) in [7, 11) is 3.49. The molecule has 2 amide bonds. The van der Waals surface area contributed by atoms with E-state index in [-0.39, 0.29) is 18.4 Å². The number of ether oxygens (including phenoxy) is 1. The Labute approximate surface area is 151 Å². The number of carbonyl (C=O) groups excluding carboxylic acids is 2. The van der Waals surface area contributed by atoms with Crippen LogP contribution in [0.1, 0.15) is 15.9 Å². The third kappa shape index (κ3) is 3.85. The SMILES string of the molecule is CNC(=O)COc1ccc(CNC(=O)c2cn(C)c3ccccc23)cc1. The van der Waals surface area contributed by atoms with Crippen LogP contribution < -0.4 is 15.4 Å². The summed E-state index contributed by atoms with van der Waals surface area (Å²) in [6.07, 6.45) is 1.84. The molecular formula is C20H21N3O3. The van der Waals surface area contributed by atoms with Crippen LogP contribution in [-0.4, -0.2) is 30.0 Å². The van der Waals surface area contributed by atoms with Crippen molar-refractivity contribution in [3.05, 3.63) is 65.9 Å². The Kier molecular flexibility index (Phi) is 5.22. The first kappa shape index (κ1) is 17.5. The summed E-state index contributed by atoms with van der Waals surface area (Å²) < 4.78 is 7.30. The maximum absolute atomic E-state index is 12.5. The molecule has 0 aliphatic rings. The minimum absolute atomic E-state index is 0.0202. The molecule has 2 N–H and O–H groups in total. The molecule has 3 rings (SSSR count). The lowest BCUT2D eigenvalue weighted by atomic mass is 10.1. The van der Waals surface area contributed by atoms with Gasteiger partial charge < -0.3 is 19.9 Å². The van der Waals surface area contributed by atoms with Crippen molar-refractivity contribution in [1.29, 1.82) is 0 Å². The second-order valence-corrected chi connectivity index (χ2v) is 5.96. The Morgan fingerprint density at radius 2 is 1.81 bits per heavy atom. The van der Waals surface area contributed by atoms with Gasteiger partial charge in [-0.25, -0.2) is 0 Å². The summed E-state index contributed by atoms with van der Waals surface area (Å²) in [5.41, 5.74) is 2.63. The van der Waals surface area contributed by atoms with Crippen LogP contribution in [0.2, 0.25) is 0 Å². The van der Waals surface area contributed by atoms with Crippen molar-refractivity contribution in [2.45, 2.75) is 6.54 Å². The summed E-state index contributed by atoms with van der Waals surface area (Å²) >= 11 is 0. The number of rotatable bonds is 6. The fraction of sp³-hybridized carbons (Fsp3) is 0.200. The highest BCUT2D eigenvalue weighted by Gasteiger charge is 2.13. The lowest BCUT2D eigenvalue weighted by Crippen LogP contribution is -2.24. The number of hydrogen-bond donors (Lipinski definition) is 2. The summed E-state index contributed by atoms with van der Waals surface area (Å²) in [5.74, 6) is 0.316. The van der Waals surface area contributed by atoms with E-state index in [1.54, 1.807) is 19.2 Å². The van der Waals surface area contributed by atoms with Crippen molar-refractivity contribution in [1.82, 2.24) is 15.2 Å². The average Bonchev–Trinajstić information content (AvgIpc) is 3.02. The van der Waals surface area contributed by atoms with Crippen molar-refractivity contribution in [3.8, 4) is 5.75 Å². The molecule has 0 atom stereocenters. The zero-order valence-electron chi connectivity index (χ0n) is 14.8. The van der Waals surface area contributed by atoms with E-state index in [4.69, 9.17) is 4.74 Å². The van der Waals surface area contributed by atoms with Crippen LogP contribution in [0, 0.1) is 0 Å². The predicted molar refractivity (Wildman–Crippen MR) is 100 cm³/mol. The maximum atomic E-state index is 12.5. The molecule has 0 bridgehead atoms. The Morgan fingerprint density at radius 3 is 2.54 bits per heavy atom. The van der Waals surface area contributed by atoms with Gasteiger partial charge in [-0.15, -0.1) is 0 Å². The molecule has 3 aromatic rings. The van der Waals surface area contributed by atoms with Crippen molar-refractivity contribution in [2.75, 3.05) is 13.7 Å². The van der Waals surface area contributed by atoms with Crippen LogP contribution in [0.25, 0.3) is 10.9 Å². The lowest BCUT2D eigenvalue weighted by Gasteiger charge is -2.07. The lowest BCUT2D eigenvalue weighted by molar-refractivity contribution is -0.122. The number of nitrogens with zero attached hydrogens (tertiary/aromatic N) is 1. The zero-order valence-corrected chi connectivity index (χ0v) is 14.8. The predicted octanol–water partition coefficient (Wildman–Crippen LogP) is 2.23. The number of aromatic nitrogens is 1. The molecule has 0 saturated heterocycles. The zero-order chi connectivity index (χ0) is 18.5. The van der Waals surface area contributed by atoms with Crippen molar-refractivity contribution < 1.29 is 14.3 Å². The molecule has 0 saturated carbocycles. The molecular weight excluding hydrogens is 330 g/mol. The summed E-state index contributed by atoms with van der Waals surface area (Å²) in [4.78, 5) is 23.7. The number of carbonyl (C=O) groups is 2. The molecule has 0 aliphatic heterocycles. The molecule has 0 radical (unpaired) electrons. The Morgan fingerprint density at radius 1 is 1.08 bits per heavy atom. The molecule has 1 aromatic heterocycles. The molecule has 2 aromatic carbocycles. The topological polar surface area (TPSA) is 72.4 Å². The van der Waals surface area contributed by atoms with Crippen molar-refractivity contribution in [3.63, 3.8) is 0 Å². The fourth-order valence-corrected chi connectivity index (χ4v) is 2.72. The number of hydrogen-bond acceptors (Lipinski definition) is 3. The van der Waals surface area contributed by atoms with E-state index in [2.05, 4.69) is 10.6 Å². The smallest absolute Gasteiger partial charge is 0.257 e. The van der Waals surface area contributed by atoms with E-state index in [0.717, 1.165) is 16.5 Å². The molecule has 6 heteroatoms. The van der Waals surface area contributed by atoms with Crippen molar-refractivity contribution in [2.24, 2.45) is 7.05 Å². The fourth-order valence-electron chi connectivity index (χ4n) is 2.72. The van der Waals surface area contributed by atoms with Gasteiger partial charge in [-0.2, -0.15) is 0 Å². The number of likely N-dealkylation sites (N-methyl/N-ethyl adjacent to an activating group) is 1. The van der Waals surface area contributed by atoms with Gasteiger partial charge in [-0.1, -0.05) is 30.3 Å². The normalized spacial score (nSPS) is 10.5. The number of nitrogens with one attached hydrogen (secondary N) is 2. The number of aryl methyl sites for hydroxylation is 1. The number of benzene rings is 2. The molecule has 134 valence electrons. The molecule has 0 spiro atoms. The molecule has 0 aliphatic carbocycles. The molecule has 0 unspecified atom stereocenters. The van der Waals surface area contributed by atoms with Crippen LogP contribution in [0.5, 0.6) is 5.75 Å². The van der Waals surface area contributed by atoms with Crippen molar-refractivity contribution >= 4 is 22.7 Å². The van der Waals surface area contributed by atoms with Crippen LogP contribution in [-0.2, 0) is 18.4 Å². The summed E-state index contributed by atoms with van der Waals surface area (Å²) in [6.45, 7) is 0.394. The molecule has 6 nitrogen and oxygen atoms in total. The van der Waals surface area contributed by atoms with Crippen LogP contribution in [0.4, 0.5) is 0 Å². The van der Waals surface area contributed by atoms with Crippen LogP contribution in [0.3, 0.4) is 0 Å². The summed E-state index contributed by atoms with van der Waals surface area (Å²) in [5, 5.41) is 6.37. The minimum Gasteiger partial charge on any atom is -0.484 e. The highest BCUT2D eigenvalue weighted by molar-refractivity contribution is 6.06. The largest absolute Gasteiger partial charge is 0.484 e. The Balaban J connectivity index is 1.61. The second-order valence-electron chi connectivity index (χ2n) is 5.96. The number of para-hydroxylation sites is 1. The van der Waals surface area contributed by atoms with E-state index >= 15 is 0 Å². The first-order chi connectivity index (χ1) is 12.6. The van der Waals surface area contributed by atoms with Gasteiger partial charge in [0.05, 0.1) is 5.56 Å². The first-order valence-electron chi connectivity index (χ1n) is 8.33. The van der Waals surface area contributed by atoms with Gasteiger partial charge in [-0.05, 0) is 23.8 Å². The van der Waals surface area contributed by atoms with Gasteiger partial charge in [0.25, 0.3) is 11.8 Å². The standard InChI is InChI=1S/C20H21N3O3/c1-21-19(24)13-26-15-9-7-14(8-10-15)11-22-20(25)17-12-23(2)18-6-4-3-5-16(17)18/h3-10,12H,11,13H2,1-2H3,(H,21,24)(H,22,25). The van der Waals surface area contributed by atoms with Gasteiger partial charge in [0, 0.05) is 37.7 Å². The van der Waals surface area contributed by atoms with E-state index in [1.165, 1.54) is 0 Å². The average molecular weight is 351 g/mol. The monoisotopic (exact) mass is 351 g/mol. The van der Waals surface area contributed by atoms with Crippen LogP contribution in [0.15, 0.2) is 54.7 Å². The number of amides is 2. The third-order valence-corrected chi connectivity index (χ3v) is 4.17.